The summed E-state index contributed by atoms with van der Waals surface area (Å²) in [4.78, 5) is 31.4. The maximum absolute atomic E-state index is 12.1. The van der Waals surface area contributed by atoms with Gasteiger partial charge in [-0.25, -0.2) is 4.98 Å². The number of hydrogen-bond donors (Lipinski definition) is 2. The monoisotopic (exact) mass is 365 g/mol. The molecular weight excluding hydrogens is 346 g/mol. The van der Waals surface area contributed by atoms with Gasteiger partial charge in [-0.1, -0.05) is 24.3 Å². The number of H-pyrrole nitrogens is 1. The summed E-state index contributed by atoms with van der Waals surface area (Å²) in [5.74, 6) is 1.23. The Morgan fingerprint density at radius 2 is 1.93 bits per heavy atom. The smallest absolute Gasteiger partial charge is 0.270 e. The molecule has 27 heavy (non-hydrogen) atoms. The van der Waals surface area contributed by atoms with Gasteiger partial charge in [0.05, 0.1) is 17.6 Å². The largest absolute Gasteiger partial charge is 0.486 e. The first-order valence-electron chi connectivity index (χ1n) is 8.82. The fourth-order valence-electron chi connectivity index (χ4n) is 2.95. The molecule has 0 bridgehead atoms. The molecule has 1 aliphatic rings. The second-order valence-electron chi connectivity index (χ2n) is 6.33. The van der Waals surface area contributed by atoms with E-state index in [-0.39, 0.29) is 30.4 Å². The molecule has 1 amide bonds. The van der Waals surface area contributed by atoms with Crippen molar-refractivity contribution in [1.82, 2.24) is 15.3 Å². The van der Waals surface area contributed by atoms with Crippen LogP contribution < -0.4 is 20.3 Å². The van der Waals surface area contributed by atoms with Gasteiger partial charge in [0.2, 0.25) is 5.91 Å². The average molecular weight is 365 g/mol. The van der Waals surface area contributed by atoms with Crippen LogP contribution in [0.4, 0.5) is 0 Å². The molecule has 0 saturated heterocycles. The molecule has 0 fully saturated rings. The highest BCUT2D eigenvalue weighted by atomic mass is 16.6. The number of amides is 1. The van der Waals surface area contributed by atoms with Crippen molar-refractivity contribution in [2.75, 3.05) is 13.2 Å². The zero-order valence-electron chi connectivity index (χ0n) is 14.6. The van der Waals surface area contributed by atoms with E-state index in [0.717, 1.165) is 0 Å². The summed E-state index contributed by atoms with van der Waals surface area (Å²) in [6, 6.07) is 14.7. The molecule has 2 aromatic carbocycles. The Morgan fingerprint density at radius 1 is 1.15 bits per heavy atom. The molecule has 3 aromatic rings. The summed E-state index contributed by atoms with van der Waals surface area (Å²) < 4.78 is 11.4. The number of aromatic nitrogens is 2. The van der Waals surface area contributed by atoms with E-state index < -0.39 is 0 Å². The van der Waals surface area contributed by atoms with Crippen LogP contribution in [0.15, 0.2) is 53.3 Å². The Bertz CT molecular complexity index is 1030. The summed E-state index contributed by atoms with van der Waals surface area (Å²) in [7, 11) is 0. The van der Waals surface area contributed by atoms with Crippen LogP contribution in [0, 0.1) is 0 Å². The molecule has 0 saturated carbocycles. The Balaban J connectivity index is 1.30. The first-order chi connectivity index (χ1) is 13.2. The van der Waals surface area contributed by atoms with Crippen LogP contribution in [0.3, 0.4) is 0 Å². The number of fused-ring (bicyclic) bond motifs is 2. The number of nitrogens with one attached hydrogen (secondary N) is 2. The predicted molar refractivity (Wildman–Crippen MR) is 100 cm³/mol. The number of rotatable bonds is 5. The molecule has 0 spiro atoms. The first-order valence-corrected chi connectivity index (χ1v) is 8.82. The van der Waals surface area contributed by atoms with E-state index in [2.05, 4.69) is 15.3 Å². The number of para-hydroxylation sites is 4. The SMILES string of the molecule is O=C(CCc1nc2ccccc2[nH]c1=O)NC[C@H]1COc2ccccc2O1. The molecule has 0 aliphatic carbocycles. The van der Waals surface area contributed by atoms with Gasteiger partial charge in [0.1, 0.15) is 18.4 Å². The zero-order valence-corrected chi connectivity index (χ0v) is 14.6. The van der Waals surface area contributed by atoms with Gasteiger partial charge < -0.3 is 19.8 Å². The van der Waals surface area contributed by atoms with Crippen LogP contribution in [0.5, 0.6) is 11.5 Å². The minimum Gasteiger partial charge on any atom is -0.486 e. The van der Waals surface area contributed by atoms with Crippen molar-refractivity contribution in [2.24, 2.45) is 0 Å². The molecule has 7 heteroatoms. The molecule has 0 unspecified atom stereocenters. The summed E-state index contributed by atoms with van der Waals surface area (Å²) in [6.07, 6.45) is 0.209. The summed E-state index contributed by atoms with van der Waals surface area (Å²) in [5.41, 5.74) is 1.49. The topological polar surface area (TPSA) is 93.3 Å². The molecule has 4 rings (SSSR count). The zero-order chi connectivity index (χ0) is 18.6. The highest BCUT2D eigenvalue weighted by Gasteiger charge is 2.21. The third kappa shape index (κ3) is 3.92. The first kappa shape index (κ1) is 17.1. The molecule has 1 atom stereocenters. The lowest BCUT2D eigenvalue weighted by Crippen LogP contribution is -2.40. The quantitative estimate of drug-likeness (QED) is 0.719. The molecule has 2 N–H and O–H groups in total. The molecule has 0 radical (unpaired) electrons. The summed E-state index contributed by atoms with van der Waals surface area (Å²) >= 11 is 0. The van der Waals surface area contributed by atoms with Crippen LogP contribution in [-0.4, -0.2) is 35.1 Å². The normalized spacial score (nSPS) is 15.5. The minimum absolute atomic E-state index is 0.160. The highest BCUT2D eigenvalue weighted by molar-refractivity contribution is 5.76. The van der Waals surface area contributed by atoms with Gasteiger partial charge in [-0.3, -0.25) is 9.59 Å². The van der Waals surface area contributed by atoms with E-state index in [1.165, 1.54) is 0 Å². The van der Waals surface area contributed by atoms with Crippen molar-refractivity contribution in [2.45, 2.75) is 18.9 Å². The fraction of sp³-hybridized carbons (Fsp3) is 0.250. The van der Waals surface area contributed by atoms with E-state index in [4.69, 9.17) is 9.47 Å². The van der Waals surface area contributed by atoms with E-state index in [9.17, 15) is 9.59 Å². The van der Waals surface area contributed by atoms with Gasteiger partial charge in [-0.05, 0) is 24.3 Å². The number of benzene rings is 2. The predicted octanol–water partition coefficient (Wildman–Crippen LogP) is 1.81. The molecule has 7 nitrogen and oxygen atoms in total. The highest BCUT2D eigenvalue weighted by Crippen LogP contribution is 2.30. The third-order valence-electron chi connectivity index (χ3n) is 4.35. The maximum atomic E-state index is 12.1. The van der Waals surface area contributed by atoms with Crippen LogP contribution in [0.1, 0.15) is 12.1 Å². The summed E-state index contributed by atoms with van der Waals surface area (Å²) in [6.45, 7) is 0.720. The number of aromatic amines is 1. The van der Waals surface area contributed by atoms with Crippen LogP contribution in [0.2, 0.25) is 0 Å². The van der Waals surface area contributed by atoms with Crippen molar-refractivity contribution in [1.29, 1.82) is 0 Å². The Kier molecular flexibility index (Phi) is 4.74. The Labute approximate surface area is 155 Å². The Morgan fingerprint density at radius 3 is 2.81 bits per heavy atom. The molecule has 138 valence electrons. The van der Waals surface area contributed by atoms with Crippen molar-refractivity contribution in [3.8, 4) is 11.5 Å². The number of carbonyl (C=O) groups excluding carboxylic acids is 1. The Hall–Kier alpha value is -3.35. The van der Waals surface area contributed by atoms with E-state index in [1.807, 2.05) is 42.5 Å². The number of ether oxygens (including phenoxy) is 2. The van der Waals surface area contributed by atoms with Crippen molar-refractivity contribution >= 4 is 16.9 Å². The lowest BCUT2D eigenvalue weighted by molar-refractivity contribution is -0.121. The number of carbonyl (C=O) groups is 1. The van der Waals surface area contributed by atoms with Crippen molar-refractivity contribution in [3.05, 3.63) is 64.6 Å². The van der Waals surface area contributed by atoms with E-state index in [1.54, 1.807) is 6.07 Å². The molecule has 1 aliphatic heterocycles. The lowest BCUT2D eigenvalue weighted by atomic mass is 10.2. The standard InChI is InChI=1S/C20H19N3O4/c24-19(21-11-13-12-26-17-7-3-4-8-18(17)27-13)10-9-16-20(25)23-15-6-2-1-5-14(15)22-16/h1-8,13H,9-12H2,(H,21,24)(H,23,25)/t13-/m0/s1. The second-order valence-corrected chi connectivity index (χ2v) is 6.33. The maximum Gasteiger partial charge on any atom is 0.270 e. The minimum atomic E-state index is -0.262. The van der Waals surface area contributed by atoms with Gasteiger partial charge in [0.25, 0.3) is 5.56 Å². The number of aryl methyl sites for hydroxylation is 1. The molecular formula is C20H19N3O4. The van der Waals surface area contributed by atoms with Crippen LogP contribution >= 0.6 is 0 Å². The average Bonchev–Trinajstić information content (AvgIpc) is 2.70. The third-order valence-corrected chi connectivity index (χ3v) is 4.35. The van der Waals surface area contributed by atoms with Gasteiger partial charge in [-0.2, -0.15) is 0 Å². The fourth-order valence-corrected chi connectivity index (χ4v) is 2.95. The number of nitrogens with zero attached hydrogens (tertiary/aromatic N) is 1. The van der Waals surface area contributed by atoms with Crippen LogP contribution in [-0.2, 0) is 11.2 Å². The van der Waals surface area contributed by atoms with E-state index in [0.29, 0.717) is 41.4 Å². The van der Waals surface area contributed by atoms with Gasteiger partial charge in [-0.15, -0.1) is 0 Å². The second kappa shape index (κ2) is 7.49. The molecule has 2 heterocycles. The van der Waals surface area contributed by atoms with E-state index >= 15 is 0 Å². The number of hydrogen-bond acceptors (Lipinski definition) is 5. The van der Waals surface area contributed by atoms with Gasteiger partial charge in [0, 0.05) is 12.8 Å². The summed E-state index contributed by atoms with van der Waals surface area (Å²) in [5, 5.41) is 2.83. The van der Waals surface area contributed by atoms with Crippen molar-refractivity contribution < 1.29 is 14.3 Å². The van der Waals surface area contributed by atoms with Crippen LogP contribution in [0.25, 0.3) is 11.0 Å². The van der Waals surface area contributed by atoms with Crippen molar-refractivity contribution in [3.63, 3.8) is 0 Å². The lowest BCUT2D eigenvalue weighted by Gasteiger charge is -2.26. The molecule has 1 aromatic heterocycles. The van der Waals surface area contributed by atoms with Gasteiger partial charge in [0.15, 0.2) is 11.5 Å². The van der Waals surface area contributed by atoms with Gasteiger partial charge >= 0.3 is 0 Å².